The Morgan fingerprint density at radius 3 is 3.06 bits per heavy atom. The molecule has 6 nitrogen and oxygen atoms in total. The van der Waals surface area contributed by atoms with Crippen LogP contribution in [0.2, 0.25) is 0 Å². The quantitative estimate of drug-likeness (QED) is 0.766. The van der Waals surface area contributed by atoms with Gasteiger partial charge >= 0.3 is 6.09 Å². The summed E-state index contributed by atoms with van der Waals surface area (Å²) in [5.41, 5.74) is 2.35. The van der Waals surface area contributed by atoms with Gasteiger partial charge in [0.15, 0.2) is 0 Å². The van der Waals surface area contributed by atoms with E-state index in [1.807, 2.05) is 10.9 Å². The van der Waals surface area contributed by atoms with Gasteiger partial charge in [-0.1, -0.05) is 0 Å². The van der Waals surface area contributed by atoms with Gasteiger partial charge in [0.25, 0.3) is 0 Å². The molecule has 1 amide bonds. The lowest BCUT2D eigenvalue weighted by molar-refractivity contribution is 0.153. The molecule has 0 spiro atoms. The maximum atomic E-state index is 10.9. The Balaban J connectivity index is 1.84. The molecule has 2 N–H and O–H groups in total. The fourth-order valence-corrected chi connectivity index (χ4v) is 3.08. The summed E-state index contributed by atoms with van der Waals surface area (Å²) in [4.78, 5) is 12.4. The smallest absolute Gasteiger partial charge is 0.407 e. The number of carbonyl (C=O) groups is 1. The van der Waals surface area contributed by atoms with Crippen LogP contribution in [0.25, 0.3) is 0 Å². The van der Waals surface area contributed by atoms with Crippen LogP contribution in [-0.2, 0) is 13.0 Å². The van der Waals surface area contributed by atoms with Crippen molar-refractivity contribution >= 4 is 6.09 Å². The van der Waals surface area contributed by atoms with Crippen molar-refractivity contribution in [1.29, 1.82) is 0 Å². The Labute approximate surface area is 98.5 Å². The Kier molecular flexibility index (Phi) is 2.32. The highest BCUT2D eigenvalue weighted by molar-refractivity contribution is 5.66. The molecule has 17 heavy (non-hydrogen) atoms. The van der Waals surface area contributed by atoms with E-state index in [0.717, 1.165) is 6.42 Å². The maximum Gasteiger partial charge on any atom is 0.407 e. The van der Waals surface area contributed by atoms with E-state index in [1.54, 1.807) is 0 Å². The number of aliphatic hydroxyl groups is 1. The SMILES string of the molecule is O=C(O)N1CC2Cc3c(cnn3CCO)C2C1. The zero-order chi connectivity index (χ0) is 12.0. The van der Waals surface area contributed by atoms with Gasteiger partial charge in [-0.3, -0.25) is 4.68 Å². The van der Waals surface area contributed by atoms with Gasteiger partial charge in [0.2, 0.25) is 0 Å². The van der Waals surface area contributed by atoms with Crippen LogP contribution in [0.4, 0.5) is 4.79 Å². The van der Waals surface area contributed by atoms with Gasteiger partial charge in [-0.25, -0.2) is 4.79 Å². The van der Waals surface area contributed by atoms with Gasteiger partial charge in [-0.05, 0) is 17.9 Å². The van der Waals surface area contributed by atoms with E-state index in [4.69, 9.17) is 10.2 Å². The topological polar surface area (TPSA) is 78.6 Å². The zero-order valence-electron chi connectivity index (χ0n) is 9.41. The fraction of sp³-hybridized carbons (Fsp3) is 0.636. The minimum atomic E-state index is -0.830. The molecule has 0 saturated carbocycles. The normalized spacial score (nSPS) is 26.1. The molecule has 1 saturated heterocycles. The summed E-state index contributed by atoms with van der Waals surface area (Å²) in [6.45, 7) is 1.81. The number of amides is 1. The van der Waals surface area contributed by atoms with E-state index >= 15 is 0 Å². The third kappa shape index (κ3) is 1.51. The molecular weight excluding hydrogens is 222 g/mol. The van der Waals surface area contributed by atoms with E-state index in [1.165, 1.54) is 16.2 Å². The van der Waals surface area contributed by atoms with Crippen molar-refractivity contribution in [3.8, 4) is 0 Å². The molecule has 92 valence electrons. The molecule has 2 aliphatic rings. The summed E-state index contributed by atoms with van der Waals surface area (Å²) in [5, 5.41) is 22.2. The zero-order valence-corrected chi connectivity index (χ0v) is 9.41. The Bertz CT molecular complexity index is 457. The minimum absolute atomic E-state index is 0.0880. The van der Waals surface area contributed by atoms with Crippen molar-refractivity contribution in [2.45, 2.75) is 18.9 Å². The van der Waals surface area contributed by atoms with Gasteiger partial charge < -0.3 is 15.1 Å². The van der Waals surface area contributed by atoms with Gasteiger partial charge in [0.1, 0.15) is 0 Å². The average Bonchev–Trinajstić information content (AvgIpc) is 2.89. The van der Waals surface area contributed by atoms with Crippen LogP contribution in [0.5, 0.6) is 0 Å². The predicted octanol–water partition coefficient (Wildman–Crippen LogP) is 0.125. The lowest BCUT2D eigenvalue weighted by Gasteiger charge is -2.12. The highest BCUT2D eigenvalue weighted by Crippen LogP contribution is 2.42. The van der Waals surface area contributed by atoms with E-state index < -0.39 is 6.09 Å². The van der Waals surface area contributed by atoms with Crippen LogP contribution in [0.1, 0.15) is 17.2 Å². The molecule has 2 unspecified atom stereocenters. The number of hydrogen-bond acceptors (Lipinski definition) is 3. The predicted molar refractivity (Wildman–Crippen MR) is 58.8 cm³/mol. The summed E-state index contributed by atoms with van der Waals surface area (Å²) in [5.74, 6) is 0.692. The Hall–Kier alpha value is -1.56. The van der Waals surface area contributed by atoms with Crippen molar-refractivity contribution in [3.63, 3.8) is 0 Å². The first kappa shape index (κ1) is 10.6. The monoisotopic (exact) mass is 237 g/mol. The third-order valence-corrected chi connectivity index (χ3v) is 3.86. The van der Waals surface area contributed by atoms with Crippen LogP contribution < -0.4 is 0 Å². The van der Waals surface area contributed by atoms with E-state index in [0.29, 0.717) is 31.5 Å². The van der Waals surface area contributed by atoms with Gasteiger partial charge in [-0.2, -0.15) is 5.10 Å². The summed E-state index contributed by atoms with van der Waals surface area (Å²) in [7, 11) is 0. The summed E-state index contributed by atoms with van der Waals surface area (Å²) in [6, 6.07) is 0. The molecule has 1 aliphatic heterocycles. The molecule has 1 aromatic heterocycles. The Morgan fingerprint density at radius 1 is 1.53 bits per heavy atom. The van der Waals surface area contributed by atoms with E-state index in [-0.39, 0.29) is 6.61 Å². The summed E-state index contributed by atoms with van der Waals surface area (Å²) in [6.07, 6.45) is 1.88. The maximum absolute atomic E-state index is 10.9. The third-order valence-electron chi connectivity index (χ3n) is 3.86. The number of aromatic nitrogens is 2. The number of fused-ring (bicyclic) bond motifs is 3. The highest BCUT2D eigenvalue weighted by Gasteiger charge is 2.43. The second kappa shape index (κ2) is 3.73. The van der Waals surface area contributed by atoms with Gasteiger partial charge in [0, 0.05) is 24.7 Å². The van der Waals surface area contributed by atoms with Crippen molar-refractivity contribution in [1.82, 2.24) is 14.7 Å². The second-order valence-corrected chi connectivity index (χ2v) is 4.75. The minimum Gasteiger partial charge on any atom is -0.465 e. The molecule has 1 aromatic rings. The van der Waals surface area contributed by atoms with Crippen molar-refractivity contribution < 1.29 is 15.0 Å². The molecule has 6 heteroatoms. The molecule has 0 bridgehead atoms. The van der Waals surface area contributed by atoms with Crippen LogP contribution in [-0.4, -0.2) is 50.7 Å². The number of nitrogens with zero attached hydrogens (tertiary/aromatic N) is 3. The summed E-state index contributed by atoms with van der Waals surface area (Å²) < 4.78 is 1.85. The summed E-state index contributed by atoms with van der Waals surface area (Å²) >= 11 is 0. The molecule has 0 aromatic carbocycles. The van der Waals surface area contributed by atoms with Gasteiger partial charge in [-0.15, -0.1) is 0 Å². The number of aliphatic hydroxyl groups excluding tert-OH is 1. The highest BCUT2D eigenvalue weighted by atomic mass is 16.4. The van der Waals surface area contributed by atoms with Crippen LogP contribution in [0, 0.1) is 5.92 Å². The number of carboxylic acid groups (broad SMARTS) is 1. The number of rotatable bonds is 2. The van der Waals surface area contributed by atoms with Crippen molar-refractivity contribution in [3.05, 3.63) is 17.5 Å². The van der Waals surface area contributed by atoms with Crippen LogP contribution in [0.15, 0.2) is 6.20 Å². The molecule has 3 rings (SSSR count). The fourth-order valence-electron chi connectivity index (χ4n) is 3.08. The van der Waals surface area contributed by atoms with Gasteiger partial charge in [0.05, 0.1) is 19.3 Å². The van der Waals surface area contributed by atoms with E-state index in [9.17, 15) is 4.79 Å². The molecular formula is C11H15N3O3. The standard InChI is InChI=1S/C11H15N3O3/c15-2-1-14-10-3-7-5-13(11(16)17)6-9(7)8(10)4-12-14/h4,7,9,15H,1-3,5-6H2,(H,16,17). The molecule has 2 heterocycles. The second-order valence-electron chi connectivity index (χ2n) is 4.75. The molecule has 0 radical (unpaired) electrons. The first-order chi connectivity index (χ1) is 8.20. The first-order valence-corrected chi connectivity index (χ1v) is 5.84. The first-order valence-electron chi connectivity index (χ1n) is 5.84. The molecule has 2 atom stereocenters. The molecule has 1 fully saturated rings. The van der Waals surface area contributed by atoms with Crippen LogP contribution >= 0.6 is 0 Å². The van der Waals surface area contributed by atoms with E-state index in [2.05, 4.69) is 5.10 Å². The number of hydrogen-bond donors (Lipinski definition) is 2. The number of likely N-dealkylation sites (tertiary alicyclic amines) is 1. The van der Waals surface area contributed by atoms with Crippen LogP contribution in [0.3, 0.4) is 0 Å². The van der Waals surface area contributed by atoms with Crippen molar-refractivity contribution in [2.24, 2.45) is 5.92 Å². The van der Waals surface area contributed by atoms with Crippen molar-refractivity contribution in [2.75, 3.05) is 19.7 Å². The lowest BCUT2D eigenvalue weighted by atomic mass is 9.98. The average molecular weight is 237 g/mol. The largest absolute Gasteiger partial charge is 0.465 e. The Morgan fingerprint density at radius 2 is 2.35 bits per heavy atom. The lowest BCUT2D eigenvalue weighted by Crippen LogP contribution is -2.27. The molecule has 1 aliphatic carbocycles.